The van der Waals surface area contributed by atoms with Crippen molar-refractivity contribution in [1.82, 2.24) is 9.78 Å². The minimum Gasteiger partial charge on any atom is -0.466 e. The highest BCUT2D eigenvalue weighted by molar-refractivity contribution is 6.32. The second kappa shape index (κ2) is 7.30. The summed E-state index contributed by atoms with van der Waals surface area (Å²) >= 11 is 6.25. The zero-order valence-corrected chi connectivity index (χ0v) is 17.0. The number of fused-ring (bicyclic) bond motifs is 3. The summed E-state index contributed by atoms with van der Waals surface area (Å²) in [7, 11) is 0. The average Bonchev–Trinajstić information content (AvgIpc) is 3.23. The third kappa shape index (κ3) is 3.35. The van der Waals surface area contributed by atoms with Crippen LogP contribution in [0.2, 0.25) is 5.02 Å². The van der Waals surface area contributed by atoms with Crippen LogP contribution in [0.4, 0.5) is 19.0 Å². The average molecular weight is 453 g/mol. The van der Waals surface area contributed by atoms with Crippen molar-refractivity contribution in [1.29, 1.82) is 5.26 Å². The molecule has 3 aromatic rings. The number of furan rings is 1. The molecule has 7 nitrogen and oxygen atoms in total. The molecule has 4 rings (SSSR count). The van der Waals surface area contributed by atoms with E-state index in [9.17, 15) is 28.6 Å². The van der Waals surface area contributed by atoms with Gasteiger partial charge in [-0.1, -0.05) is 11.6 Å². The van der Waals surface area contributed by atoms with Crippen LogP contribution < -0.4 is 5.32 Å². The van der Waals surface area contributed by atoms with Gasteiger partial charge in [-0.15, -0.1) is 0 Å². The summed E-state index contributed by atoms with van der Waals surface area (Å²) in [5.74, 6) is 1.34. The maximum Gasteiger partial charge on any atom is 0.416 e. The van der Waals surface area contributed by atoms with Crippen molar-refractivity contribution in [2.24, 2.45) is 0 Å². The van der Waals surface area contributed by atoms with E-state index in [1.165, 1.54) is 4.68 Å². The number of aliphatic hydroxyl groups is 2. The number of aryl methyl sites for hydroxylation is 2. The highest BCUT2D eigenvalue weighted by atomic mass is 35.5. The Morgan fingerprint density at radius 1 is 1.35 bits per heavy atom. The van der Waals surface area contributed by atoms with Crippen molar-refractivity contribution in [2.45, 2.75) is 32.2 Å². The van der Waals surface area contributed by atoms with Gasteiger partial charge in [0, 0.05) is 11.1 Å². The minimum atomic E-state index is -4.67. The summed E-state index contributed by atoms with van der Waals surface area (Å²) < 4.78 is 46.9. The van der Waals surface area contributed by atoms with Gasteiger partial charge in [-0.05, 0) is 32.0 Å². The Morgan fingerprint density at radius 2 is 2.06 bits per heavy atom. The van der Waals surface area contributed by atoms with Gasteiger partial charge in [0.15, 0.2) is 5.69 Å². The molecule has 0 spiro atoms. The van der Waals surface area contributed by atoms with E-state index < -0.39 is 30.5 Å². The molecule has 0 radical (unpaired) electrons. The van der Waals surface area contributed by atoms with E-state index in [4.69, 9.17) is 16.0 Å². The highest BCUT2D eigenvalue weighted by Gasteiger charge is 2.39. The SMILES string of the molecule is Cc1cc(-c2c(C#N)nn3c2NC(C(O)CO)c2cc(C(F)(F)F)cc(Cl)c2-3)c(C)o1. The lowest BCUT2D eigenvalue weighted by molar-refractivity contribution is -0.137. The molecule has 1 aromatic carbocycles. The molecular formula is C20H16ClF3N4O3. The molecule has 1 aliphatic rings. The number of nitrogens with zero attached hydrogens (tertiary/aromatic N) is 3. The van der Waals surface area contributed by atoms with Crippen LogP contribution in [0, 0.1) is 25.2 Å². The number of nitriles is 1. The van der Waals surface area contributed by atoms with E-state index in [-0.39, 0.29) is 27.8 Å². The van der Waals surface area contributed by atoms with Crippen molar-refractivity contribution in [2.75, 3.05) is 11.9 Å². The molecule has 11 heteroatoms. The molecule has 2 aromatic heterocycles. The van der Waals surface area contributed by atoms with Crippen LogP contribution in [0.1, 0.15) is 34.4 Å². The predicted molar refractivity (Wildman–Crippen MR) is 105 cm³/mol. The van der Waals surface area contributed by atoms with Crippen molar-refractivity contribution in [3.05, 3.63) is 51.6 Å². The van der Waals surface area contributed by atoms with Gasteiger partial charge in [-0.2, -0.15) is 23.5 Å². The Morgan fingerprint density at radius 3 is 2.61 bits per heavy atom. The molecule has 3 N–H and O–H groups in total. The number of halogens is 4. The first-order valence-corrected chi connectivity index (χ1v) is 9.51. The lowest BCUT2D eigenvalue weighted by atomic mass is 9.94. The standard InChI is InChI=1S/C20H16ClF3N4O3/c1-8-3-11(9(2)31-8)16-14(6-25)27-28-18-12(17(15(30)7-29)26-19(16)28)4-10(5-13(18)21)20(22,23)24/h3-5,15,17,26,29-30H,7H2,1-2H3. The quantitative estimate of drug-likeness (QED) is 0.552. The maximum absolute atomic E-state index is 13.4. The van der Waals surface area contributed by atoms with Crippen molar-refractivity contribution in [3.8, 4) is 22.9 Å². The second-order valence-electron chi connectivity index (χ2n) is 7.19. The fraction of sp³-hybridized carbons (Fsp3) is 0.300. The van der Waals surface area contributed by atoms with E-state index >= 15 is 0 Å². The topological polar surface area (TPSA) is 107 Å². The van der Waals surface area contributed by atoms with Gasteiger partial charge in [0.1, 0.15) is 29.5 Å². The summed E-state index contributed by atoms with van der Waals surface area (Å²) in [5.41, 5.74) is -0.0209. The maximum atomic E-state index is 13.4. The molecule has 2 unspecified atom stereocenters. The largest absolute Gasteiger partial charge is 0.466 e. The number of alkyl halides is 3. The molecule has 0 aliphatic carbocycles. The molecule has 0 saturated heterocycles. The molecule has 0 bridgehead atoms. The van der Waals surface area contributed by atoms with E-state index in [1.807, 2.05) is 6.07 Å². The predicted octanol–water partition coefficient (Wildman–Crippen LogP) is 4.11. The summed E-state index contributed by atoms with van der Waals surface area (Å²) in [6.45, 7) is 2.71. The van der Waals surface area contributed by atoms with Gasteiger partial charge < -0.3 is 19.9 Å². The highest BCUT2D eigenvalue weighted by Crippen LogP contribution is 2.46. The Labute approximate surface area is 179 Å². The fourth-order valence-electron chi connectivity index (χ4n) is 3.80. The number of aliphatic hydroxyl groups excluding tert-OH is 2. The zero-order valence-electron chi connectivity index (χ0n) is 16.3. The van der Waals surface area contributed by atoms with Crippen LogP contribution in [0.5, 0.6) is 0 Å². The van der Waals surface area contributed by atoms with Crippen LogP contribution in [-0.2, 0) is 6.18 Å². The van der Waals surface area contributed by atoms with Crippen LogP contribution in [0.3, 0.4) is 0 Å². The summed E-state index contributed by atoms with van der Waals surface area (Å²) in [5, 5.41) is 36.5. The molecular weight excluding hydrogens is 437 g/mol. The van der Waals surface area contributed by atoms with Gasteiger partial charge in [0.25, 0.3) is 0 Å². The van der Waals surface area contributed by atoms with Gasteiger partial charge in [0.2, 0.25) is 0 Å². The van der Waals surface area contributed by atoms with Crippen molar-refractivity contribution in [3.63, 3.8) is 0 Å². The third-order valence-corrected chi connectivity index (χ3v) is 5.42. The van der Waals surface area contributed by atoms with Crippen LogP contribution in [-0.4, -0.2) is 32.7 Å². The van der Waals surface area contributed by atoms with E-state index in [2.05, 4.69) is 10.4 Å². The van der Waals surface area contributed by atoms with Gasteiger partial charge in [0.05, 0.1) is 34.5 Å². The summed E-state index contributed by atoms with van der Waals surface area (Å²) in [4.78, 5) is 0. The Kier molecular flexibility index (Phi) is 5.00. The molecule has 2 atom stereocenters. The summed E-state index contributed by atoms with van der Waals surface area (Å²) in [6.07, 6.45) is -6.13. The normalized spacial score (nSPS) is 16.3. The van der Waals surface area contributed by atoms with Gasteiger partial charge >= 0.3 is 6.18 Å². The number of anilines is 1. The lowest BCUT2D eigenvalue weighted by Gasteiger charge is -2.32. The lowest BCUT2D eigenvalue weighted by Crippen LogP contribution is -2.34. The van der Waals surface area contributed by atoms with Gasteiger partial charge in [-0.25, -0.2) is 4.68 Å². The van der Waals surface area contributed by atoms with E-state index in [0.29, 0.717) is 22.6 Å². The number of aromatic nitrogens is 2. The summed E-state index contributed by atoms with van der Waals surface area (Å²) in [6, 6.07) is 4.16. The molecule has 0 saturated carbocycles. The van der Waals surface area contributed by atoms with E-state index in [1.54, 1.807) is 19.9 Å². The third-order valence-electron chi connectivity index (χ3n) is 5.13. The Balaban J connectivity index is 2.05. The number of hydrogen-bond acceptors (Lipinski definition) is 6. The fourth-order valence-corrected chi connectivity index (χ4v) is 4.11. The zero-order chi connectivity index (χ0) is 22.7. The molecule has 0 fully saturated rings. The van der Waals surface area contributed by atoms with Crippen LogP contribution in [0.25, 0.3) is 16.8 Å². The molecule has 162 valence electrons. The van der Waals surface area contributed by atoms with Crippen molar-refractivity contribution < 1.29 is 27.8 Å². The second-order valence-corrected chi connectivity index (χ2v) is 7.60. The smallest absolute Gasteiger partial charge is 0.416 e. The number of hydrogen-bond donors (Lipinski definition) is 3. The first kappa shape index (κ1) is 21.2. The minimum absolute atomic E-state index is 0.00693. The Hall–Kier alpha value is -3.00. The number of rotatable bonds is 3. The van der Waals surface area contributed by atoms with Crippen LogP contribution >= 0.6 is 11.6 Å². The monoisotopic (exact) mass is 452 g/mol. The molecule has 1 aliphatic heterocycles. The number of nitrogens with one attached hydrogen (secondary N) is 1. The van der Waals surface area contributed by atoms with Crippen molar-refractivity contribution >= 4 is 17.4 Å². The first-order chi connectivity index (χ1) is 14.6. The molecule has 3 heterocycles. The van der Waals surface area contributed by atoms with E-state index in [0.717, 1.165) is 12.1 Å². The van der Waals surface area contributed by atoms with Gasteiger partial charge in [-0.3, -0.25) is 0 Å². The molecule has 0 amide bonds. The first-order valence-electron chi connectivity index (χ1n) is 9.13. The molecule has 31 heavy (non-hydrogen) atoms. The van der Waals surface area contributed by atoms with Crippen LogP contribution in [0.15, 0.2) is 22.6 Å². The number of benzene rings is 1. The Bertz CT molecular complexity index is 1230.